The zero-order valence-corrected chi connectivity index (χ0v) is 15.9. The molecule has 1 aliphatic rings. The maximum absolute atomic E-state index is 13.0. The highest BCUT2D eigenvalue weighted by Crippen LogP contribution is 2.32. The molecule has 1 aromatic carbocycles. The Bertz CT molecular complexity index is 877. The average Bonchev–Trinajstić information content (AvgIpc) is 3.11. The van der Waals surface area contributed by atoms with Crippen LogP contribution in [-0.2, 0) is 11.3 Å². The number of halogens is 1. The number of aryl methyl sites for hydroxylation is 1. The first-order valence-corrected chi connectivity index (χ1v) is 8.91. The van der Waals surface area contributed by atoms with Gasteiger partial charge in [-0.25, -0.2) is 0 Å². The van der Waals surface area contributed by atoms with Crippen LogP contribution >= 0.6 is 11.6 Å². The lowest BCUT2D eigenvalue weighted by Crippen LogP contribution is -2.35. The molecule has 0 saturated carbocycles. The lowest BCUT2D eigenvalue weighted by molar-refractivity contribution is -0.147. The largest absolute Gasteiger partial charge is 0.481 e. The molecule has 1 fully saturated rings. The Labute approximate surface area is 157 Å². The van der Waals surface area contributed by atoms with Crippen LogP contribution < -0.4 is 0 Å². The SMILES string of the molecule is Cc1nn(Cc2ccccc2Cl)c(C)c1C(=O)N1CC[C@@](C)(C(=O)O)C1. The third-order valence-electron chi connectivity index (χ3n) is 5.15. The number of carbonyl (C=O) groups is 2. The standard InChI is InChI=1S/C19H22ClN3O3/c1-12-16(17(24)22-9-8-19(3,11-22)18(25)26)13(2)23(21-12)10-14-6-4-5-7-15(14)20/h4-7H,8-11H2,1-3H3,(H,25,26)/t19-/m1/s1. The summed E-state index contributed by atoms with van der Waals surface area (Å²) < 4.78 is 1.77. The number of carboxylic acid groups (broad SMARTS) is 1. The number of hydrogen-bond donors (Lipinski definition) is 1. The van der Waals surface area contributed by atoms with Gasteiger partial charge in [-0.05, 0) is 38.8 Å². The molecule has 26 heavy (non-hydrogen) atoms. The summed E-state index contributed by atoms with van der Waals surface area (Å²) in [5.74, 6) is -1.02. The minimum Gasteiger partial charge on any atom is -0.481 e. The molecule has 6 nitrogen and oxygen atoms in total. The van der Waals surface area contributed by atoms with Crippen LogP contribution in [0.15, 0.2) is 24.3 Å². The minimum atomic E-state index is -0.884. The number of nitrogens with zero attached hydrogens (tertiary/aromatic N) is 3. The molecule has 1 aliphatic heterocycles. The number of carbonyl (C=O) groups excluding carboxylic acids is 1. The van der Waals surface area contributed by atoms with Gasteiger partial charge in [0.05, 0.1) is 23.2 Å². The van der Waals surface area contributed by atoms with Crippen molar-refractivity contribution in [1.82, 2.24) is 14.7 Å². The Morgan fingerprint density at radius 3 is 2.62 bits per heavy atom. The Kier molecular flexibility index (Phi) is 4.80. The van der Waals surface area contributed by atoms with Crippen LogP contribution in [0.1, 0.15) is 40.7 Å². The molecular weight excluding hydrogens is 354 g/mol. The number of benzene rings is 1. The molecule has 0 radical (unpaired) electrons. The van der Waals surface area contributed by atoms with Crippen LogP contribution in [0.3, 0.4) is 0 Å². The van der Waals surface area contributed by atoms with E-state index in [4.69, 9.17) is 11.6 Å². The first-order chi connectivity index (χ1) is 12.2. The molecule has 1 atom stereocenters. The third-order valence-corrected chi connectivity index (χ3v) is 5.52. The van der Waals surface area contributed by atoms with Crippen molar-refractivity contribution in [3.8, 4) is 0 Å². The Hall–Kier alpha value is -2.34. The molecule has 3 rings (SSSR count). The molecule has 1 N–H and O–H groups in total. The zero-order chi connectivity index (χ0) is 19.1. The fourth-order valence-electron chi connectivity index (χ4n) is 3.42. The molecule has 7 heteroatoms. The number of carboxylic acids is 1. The number of hydrogen-bond acceptors (Lipinski definition) is 3. The fourth-order valence-corrected chi connectivity index (χ4v) is 3.61. The number of amides is 1. The molecule has 2 heterocycles. The third kappa shape index (κ3) is 3.21. The molecule has 138 valence electrons. The van der Waals surface area contributed by atoms with Gasteiger partial charge in [0.25, 0.3) is 5.91 Å². The zero-order valence-electron chi connectivity index (χ0n) is 15.1. The van der Waals surface area contributed by atoms with Crippen LogP contribution in [0.25, 0.3) is 0 Å². The summed E-state index contributed by atoms with van der Waals surface area (Å²) in [6.45, 7) is 6.48. The molecule has 1 saturated heterocycles. The molecule has 0 aliphatic carbocycles. The van der Waals surface area contributed by atoms with Crippen molar-refractivity contribution < 1.29 is 14.7 Å². The van der Waals surface area contributed by atoms with Crippen LogP contribution in [-0.4, -0.2) is 44.8 Å². The van der Waals surface area contributed by atoms with Gasteiger partial charge in [-0.1, -0.05) is 29.8 Å². The van der Waals surface area contributed by atoms with Crippen molar-refractivity contribution >= 4 is 23.5 Å². The van der Waals surface area contributed by atoms with E-state index in [1.165, 1.54) is 0 Å². The van der Waals surface area contributed by atoms with Gasteiger partial charge in [-0.15, -0.1) is 0 Å². The molecule has 2 aromatic rings. The lowest BCUT2D eigenvalue weighted by atomic mass is 9.90. The quantitative estimate of drug-likeness (QED) is 0.890. The van der Waals surface area contributed by atoms with Gasteiger partial charge in [0.2, 0.25) is 0 Å². The number of likely N-dealkylation sites (tertiary alicyclic amines) is 1. The first kappa shape index (κ1) is 18.5. The van der Waals surface area contributed by atoms with Crippen molar-refractivity contribution in [2.24, 2.45) is 5.41 Å². The summed E-state index contributed by atoms with van der Waals surface area (Å²) in [7, 11) is 0. The van der Waals surface area contributed by atoms with Crippen LogP contribution in [0, 0.1) is 19.3 Å². The molecule has 1 amide bonds. The van der Waals surface area contributed by atoms with Gasteiger partial charge < -0.3 is 10.0 Å². The highest BCUT2D eigenvalue weighted by molar-refractivity contribution is 6.31. The molecule has 0 spiro atoms. The van der Waals surface area contributed by atoms with Crippen LogP contribution in [0.2, 0.25) is 5.02 Å². The Balaban J connectivity index is 1.86. The topological polar surface area (TPSA) is 75.4 Å². The summed E-state index contributed by atoms with van der Waals surface area (Å²) >= 11 is 6.23. The minimum absolute atomic E-state index is 0.157. The Morgan fingerprint density at radius 2 is 2.00 bits per heavy atom. The van der Waals surface area contributed by atoms with Gasteiger partial charge in [0, 0.05) is 23.8 Å². The highest BCUT2D eigenvalue weighted by Gasteiger charge is 2.43. The van der Waals surface area contributed by atoms with Gasteiger partial charge in [-0.3, -0.25) is 14.3 Å². The fraction of sp³-hybridized carbons (Fsp3) is 0.421. The summed E-state index contributed by atoms with van der Waals surface area (Å²) in [6, 6.07) is 7.54. The summed E-state index contributed by atoms with van der Waals surface area (Å²) in [5.41, 5.74) is 2.00. The van der Waals surface area contributed by atoms with Gasteiger partial charge in [-0.2, -0.15) is 5.10 Å². The van der Waals surface area contributed by atoms with E-state index in [1.54, 1.807) is 23.4 Å². The van der Waals surface area contributed by atoms with Crippen molar-refractivity contribution in [3.05, 3.63) is 51.8 Å². The number of aromatic nitrogens is 2. The van der Waals surface area contributed by atoms with Crippen molar-refractivity contribution in [1.29, 1.82) is 0 Å². The highest BCUT2D eigenvalue weighted by atomic mass is 35.5. The maximum atomic E-state index is 13.0. The summed E-state index contributed by atoms with van der Waals surface area (Å²) in [4.78, 5) is 26.0. The van der Waals surface area contributed by atoms with Crippen LogP contribution in [0.4, 0.5) is 0 Å². The number of rotatable bonds is 4. The predicted molar refractivity (Wildman–Crippen MR) is 98.5 cm³/mol. The second kappa shape index (κ2) is 6.76. The second-order valence-electron chi connectivity index (χ2n) is 7.14. The lowest BCUT2D eigenvalue weighted by Gasteiger charge is -2.20. The van der Waals surface area contributed by atoms with Gasteiger partial charge >= 0.3 is 5.97 Å². The van der Waals surface area contributed by atoms with E-state index < -0.39 is 11.4 Å². The summed E-state index contributed by atoms with van der Waals surface area (Å²) in [5, 5.41) is 14.5. The van der Waals surface area contributed by atoms with Gasteiger partial charge in [0.1, 0.15) is 0 Å². The second-order valence-corrected chi connectivity index (χ2v) is 7.54. The number of aliphatic carboxylic acids is 1. The molecule has 0 unspecified atom stereocenters. The van der Waals surface area contributed by atoms with E-state index in [1.807, 2.05) is 31.2 Å². The monoisotopic (exact) mass is 375 g/mol. The Morgan fingerprint density at radius 1 is 1.31 bits per heavy atom. The normalized spacial score (nSPS) is 19.8. The predicted octanol–water partition coefficient (Wildman–Crippen LogP) is 3.14. The maximum Gasteiger partial charge on any atom is 0.311 e. The van der Waals surface area contributed by atoms with Crippen molar-refractivity contribution in [2.45, 2.75) is 33.7 Å². The molecular formula is C19H22ClN3O3. The first-order valence-electron chi connectivity index (χ1n) is 8.53. The van der Waals surface area contributed by atoms with E-state index in [-0.39, 0.29) is 12.5 Å². The summed E-state index contributed by atoms with van der Waals surface area (Å²) in [6.07, 6.45) is 0.458. The van der Waals surface area contributed by atoms with E-state index >= 15 is 0 Å². The van der Waals surface area contributed by atoms with Crippen LogP contribution in [0.5, 0.6) is 0 Å². The average molecular weight is 376 g/mol. The molecule has 0 bridgehead atoms. The smallest absolute Gasteiger partial charge is 0.311 e. The van der Waals surface area contributed by atoms with E-state index in [2.05, 4.69) is 5.10 Å². The van der Waals surface area contributed by atoms with E-state index in [0.717, 1.165) is 11.3 Å². The van der Waals surface area contributed by atoms with Crippen molar-refractivity contribution in [3.63, 3.8) is 0 Å². The van der Waals surface area contributed by atoms with E-state index in [0.29, 0.717) is 35.8 Å². The van der Waals surface area contributed by atoms with Crippen molar-refractivity contribution in [2.75, 3.05) is 13.1 Å². The molecule has 1 aromatic heterocycles. The van der Waals surface area contributed by atoms with Gasteiger partial charge in [0.15, 0.2) is 0 Å². The van der Waals surface area contributed by atoms with E-state index in [9.17, 15) is 14.7 Å².